The molecule has 5 heteroatoms. The summed E-state index contributed by atoms with van der Waals surface area (Å²) in [6.07, 6.45) is 0. The summed E-state index contributed by atoms with van der Waals surface area (Å²) in [7, 11) is 0. The molecule has 0 unspecified atom stereocenters. The monoisotopic (exact) mass is 776 g/mol. The van der Waals surface area contributed by atoms with Gasteiger partial charge in [-0.3, -0.25) is 0 Å². The van der Waals surface area contributed by atoms with E-state index in [1.807, 2.05) is 11.3 Å². The minimum Gasteiger partial charge on any atom is -0.457 e. The van der Waals surface area contributed by atoms with Gasteiger partial charge < -0.3 is 14.5 Å². The summed E-state index contributed by atoms with van der Waals surface area (Å²) in [5, 5.41) is 1.29. The van der Waals surface area contributed by atoms with Crippen LogP contribution in [0.1, 0.15) is 104 Å². The van der Waals surface area contributed by atoms with E-state index in [-0.39, 0.29) is 28.4 Å². The minimum absolute atomic E-state index is 0.0136. The molecule has 10 rings (SSSR count). The quantitative estimate of drug-likeness (QED) is 0.163. The zero-order chi connectivity index (χ0) is 40.7. The second-order valence-corrected chi connectivity index (χ2v) is 21.4. The van der Waals surface area contributed by atoms with Gasteiger partial charge in [-0.05, 0) is 105 Å². The first-order chi connectivity index (χ1) is 27.4. The fourth-order valence-electron chi connectivity index (χ4n) is 9.75. The van der Waals surface area contributed by atoms with Crippen LogP contribution < -0.4 is 30.2 Å². The molecule has 58 heavy (non-hydrogen) atoms. The van der Waals surface area contributed by atoms with Crippen LogP contribution in [0, 0.1) is 0 Å². The molecule has 0 aliphatic carbocycles. The molecule has 0 saturated carbocycles. The van der Waals surface area contributed by atoms with Crippen LogP contribution in [-0.2, 0) is 21.7 Å². The largest absolute Gasteiger partial charge is 0.457 e. The van der Waals surface area contributed by atoms with E-state index in [0.29, 0.717) is 0 Å². The summed E-state index contributed by atoms with van der Waals surface area (Å²) in [5.41, 5.74) is 16.4. The van der Waals surface area contributed by atoms with Gasteiger partial charge in [-0.25, -0.2) is 0 Å². The van der Waals surface area contributed by atoms with Crippen LogP contribution in [0.4, 0.5) is 34.1 Å². The van der Waals surface area contributed by atoms with Crippen molar-refractivity contribution in [2.24, 2.45) is 0 Å². The van der Waals surface area contributed by atoms with E-state index in [4.69, 9.17) is 4.74 Å². The first-order valence-electron chi connectivity index (χ1n) is 20.9. The van der Waals surface area contributed by atoms with Gasteiger partial charge in [0, 0.05) is 59.8 Å². The predicted octanol–water partition coefficient (Wildman–Crippen LogP) is 13.3. The normalized spacial score (nSPS) is 15.3. The number of anilines is 6. The van der Waals surface area contributed by atoms with Crippen LogP contribution in [0.5, 0.6) is 11.5 Å². The molecule has 3 aliphatic rings. The van der Waals surface area contributed by atoms with Crippen LogP contribution in [0.3, 0.4) is 0 Å². The van der Waals surface area contributed by atoms with Crippen LogP contribution in [-0.4, -0.2) is 6.71 Å². The van der Waals surface area contributed by atoms with Crippen LogP contribution >= 0.6 is 11.3 Å². The number of rotatable bonds is 2. The standard InChI is InChI=1S/C53H53BN2OS/c1-50(2,3)32-19-24-35(25-20-32)55-39-28-23-34(52(7,8)9)31-38(39)54-47-40(55)16-14-17-41(47)56(36-26-21-33(22-27-36)51(4,5)6)48-45-44(58-49(48)54)30-29-43-46(45)53(10,11)37-15-12-13-18-42(37)57-43/h12-31H,1-11H3. The topological polar surface area (TPSA) is 15.7 Å². The molecular formula is C53H53BN2OS. The zero-order valence-electron chi connectivity index (χ0n) is 35.8. The van der Waals surface area contributed by atoms with Crippen molar-refractivity contribution in [2.45, 2.75) is 97.8 Å². The summed E-state index contributed by atoms with van der Waals surface area (Å²) in [6.45, 7) is 25.6. The number of hydrogen-bond donors (Lipinski definition) is 0. The lowest BCUT2D eigenvalue weighted by Crippen LogP contribution is -2.60. The van der Waals surface area contributed by atoms with Gasteiger partial charge >= 0.3 is 0 Å². The molecule has 0 spiro atoms. The van der Waals surface area contributed by atoms with Gasteiger partial charge in [0.2, 0.25) is 0 Å². The lowest BCUT2D eigenvalue weighted by molar-refractivity contribution is 0.420. The summed E-state index contributed by atoms with van der Waals surface area (Å²) >= 11 is 1.96. The number of nitrogens with zero attached hydrogens (tertiary/aromatic N) is 2. The Morgan fingerprint density at radius 2 is 1.12 bits per heavy atom. The maximum absolute atomic E-state index is 6.81. The van der Waals surface area contributed by atoms with Gasteiger partial charge in [0.25, 0.3) is 6.71 Å². The molecule has 1 aromatic heterocycles. The first-order valence-corrected chi connectivity index (χ1v) is 21.7. The van der Waals surface area contributed by atoms with Crippen molar-refractivity contribution >= 4 is 78.0 Å². The van der Waals surface area contributed by atoms with E-state index >= 15 is 0 Å². The molecule has 7 aromatic rings. The van der Waals surface area contributed by atoms with Crippen molar-refractivity contribution in [2.75, 3.05) is 9.80 Å². The average Bonchev–Trinajstić information content (AvgIpc) is 3.55. The number of ether oxygens (including phenoxy) is 1. The molecule has 3 nitrogen and oxygen atoms in total. The highest BCUT2D eigenvalue weighted by Crippen LogP contribution is 2.56. The Labute approximate surface area is 349 Å². The highest BCUT2D eigenvalue weighted by Gasteiger charge is 2.47. The Balaban J connectivity index is 1.30. The Morgan fingerprint density at radius 3 is 1.74 bits per heavy atom. The van der Waals surface area contributed by atoms with Crippen molar-refractivity contribution in [1.82, 2.24) is 0 Å². The van der Waals surface area contributed by atoms with Crippen molar-refractivity contribution < 1.29 is 4.74 Å². The molecule has 0 amide bonds. The second-order valence-electron chi connectivity index (χ2n) is 20.3. The molecule has 0 N–H and O–H groups in total. The lowest BCUT2D eigenvalue weighted by Gasteiger charge is -2.44. The lowest BCUT2D eigenvalue weighted by atomic mass is 9.36. The van der Waals surface area contributed by atoms with Crippen LogP contribution in [0.25, 0.3) is 10.1 Å². The average molecular weight is 777 g/mol. The molecule has 4 heterocycles. The number of fused-ring (bicyclic) bond motifs is 9. The van der Waals surface area contributed by atoms with E-state index in [2.05, 4.69) is 207 Å². The highest BCUT2D eigenvalue weighted by atomic mass is 32.1. The Hall–Kier alpha value is -5.26. The molecule has 0 fully saturated rings. The number of thiophene rings is 1. The molecule has 0 bridgehead atoms. The number of para-hydroxylation sites is 1. The van der Waals surface area contributed by atoms with E-state index < -0.39 is 0 Å². The molecule has 0 saturated heterocycles. The van der Waals surface area contributed by atoms with Gasteiger partial charge in [-0.1, -0.05) is 137 Å². The minimum atomic E-state index is -0.289. The fourth-order valence-corrected chi connectivity index (χ4v) is 11.1. The molecule has 0 radical (unpaired) electrons. The van der Waals surface area contributed by atoms with Crippen LogP contribution in [0.15, 0.2) is 121 Å². The van der Waals surface area contributed by atoms with Gasteiger partial charge in [0.15, 0.2) is 0 Å². The SMILES string of the molecule is CC(C)(C)c1ccc(N2c3ccc(C(C)(C)C)cc3B3c4sc5ccc6c(c5c4N(c4ccc(C(C)(C)C)cc4)c4cccc2c43)C(C)(C)c2ccccc2O6)cc1. The molecular weight excluding hydrogens is 723 g/mol. The van der Waals surface area contributed by atoms with Crippen molar-refractivity contribution in [3.63, 3.8) is 0 Å². The third-order valence-electron chi connectivity index (χ3n) is 13.0. The van der Waals surface area contributed by atoms with Gasteiger partial charge in [0.1, 0.15) is 11.5 Å². The predicted molar refractivity (Wildman–Crippen MR) is 251 cm³/mol. The fraction of sp³-hybridized carbons (Fsp3) is 0.283. The van der Waals surface area contributed by atoms with Gasteiger partial charge in [-0.15, -0.1) is 11.3 Å². The van der Waals surface area contributed by atoms with E-state index in [1.165, 1.54) is 87.7 Å². The molecule has 3 aliphatic heterocycles. The zero-order valence-corrected chi connectivity index (χ0v) is 36.7. The van der Waals surface area contributed by atoms with E-state index in [9.17, 15) is 0 Å². The second kappa shape index (κ2) is 12.4. The number of benzene rings is 6. The summed E-state index contributed by atoms with van der Waals surface area (Å²) in [6, 6.07) is 46.0. The maximum Gasteiger partial charge on any atom is 0.264 e. The number of hydrogen-bond acceptors (Lipinski definition) is 4. The van der Waals surface area contributed by atoms with Gasteiger partial charge in [0.05, 0.1) is 5.69 Å². The highest BCUT2D eigenvalue weighted by molar-refractivity contribution is 7.33. The molecule has 0 atom stereocenters. The van der Waals surface area contributed by atoms with Gasteiger partial charge in [-0.2, -0.15) is 0 Å². The Kier molecular flexibility index (Phi) is 7.91. The third kappa shape index (κ3) is 5.45. The Morgan fingerprint density at radius 1 is 0.552 bits per heavy atom. The van der Waals surface area contributed by atoms with Crippen molar-refractivity contribution in [3.8, 4) is 11.5 Å². The summed E-state index contributed by atoms with van der Waals surface area (Å²) in [4.78, 5) is 5.12. The summed E-state index contributed by atoms with van der Waals surface area (Å²) in [5.74, 6) is 1.89. The van der Waals surface area contributed by atoms with E-state index in [0.717, 1.165) is 11.5 Å². The first kappa shape index (κ1) is 37.0. The Bertz CT molecular complexity index is 2790. The van der Waals surface area contributed by atoms with Crippen molar-refractivity contribution in [1.29, 1.82) is 0 Å². The van der Waals surface area contributed by atoms with Crippen LogP contribution in [0.2, 0.25) is 0 Å². The van der Waals surface area contributed by atoms with E-state index in [1.54, 1.807) is 0 Å². The molecule has 6 aromatic carbocycles. The summed E-state index contributed by atoms with van der Waals surface area (Å²) < 4.78 is 9.48. The third-order valence-corrected chi connectivity index (χ3v) is 14.2. The van der Waals surface area contributed by atoms with Crippen molar-refractivity contribution in [3.05, 3.63) is 149 Å². The molecule has 290 valence electrons. The maximum atomic E-state index is 6.81. The smallest absolute Gasteiger partial charge is 0.264 e.